The van der Waals surface area contributed by atoms with Gasteiger partial charge in [0.1, 0.15) is 0 Å². The Morgan fingerprint density at radius 1 is 1.27 bits per heavy atom. The minimum atomic E-state index is -0.453. The van der Waals surface area contributed by atoms with Crippen molar-refractivity contribution in [1.82, 2.24) is 0 Å². The van der Waals surface area contributed by atoms with Crippen LogP contribution in [0.15, 0.2) is 18.2 Å². The quantitative estimate of drug-likeness (QED) is 0.797. The fourth-order valence-electron chi connectivity index (χ4n) is 0.910. The minimum Gasteiger partial charge on any atom is -0.324 e. The van der Waals surface area contributed by atoms with Gasteiger partial charge in [0, 0.05) is 5.41 Å². The lowest BCUT2D eigenvalue weighted by atomic mass is 9.95. The monoisotopic (exact) mass is 245 g/mol. The molecule has 0 saturated carbocycles. The summed E-state index contributed by atoms with van der Waals surface area (Å²) >= 11 is 11.8. The maximum absolute atomic E-state index is 11.7. The van der Waals surface area contributed by atoms with Crippen LogP contribution in [0.25, 0.3) is 0 Å². The Balaban J connectivity index is 2.91. The molecule has 0 heterocycles. The Kier molecular flexibility index (Phi) is 3.63. The topological polar surface area (TPSA) is 29.1 Å². The lowest BCUT2D eigenvalue weighted by Crippen LogP contribution is -2.27. The number of benzene rings is 1. The van der Waals surface area contributed by atoms with Crippen molar-refractivity contribution in [3.8, 4) is 0 Å². The number of carbonyl (C=O) groups excluding carboxylic acids is 1. The first-order valence-corrected chi connectivity index (χ1v) is 5.33. The summed E-state index contributed by atoms with van der Waals surface area (Å²) in [5, 5.41) is 3.54. The molecule has 1 rings (SSSR count). The summed E-state index contributed by atoms with van der Waals surface area (Å²) in [4.78, 5) is 11.7. The summed E-state index contributed by atoms with van der Waals surface area (Å²) in [5.74, 6) is -0.0910. The van der Waals surface area contributed by atoms with E-state index in [4.69, 9.17) is 23.2 Å². The van der Waals surface area contributed by atoms with E-state index < -0.39 is 5.41 Å². The lowest BCUT2D eigenvalue weighted by Gasteiger charge is -2.18. The summed E-state index contributed by atoms with van der Waals surface area (Å²) < 4.78 is 0. The molecule has 15 heavy (non-hydrogen) atoms. The van der Waals surface area contributed by atoms with E-state index in [0.29, 0.717) is 15.7 Å². The first-order valence-electron chi connectivity index (χ1n) is 4.58. The van der Waals surface area contributed by atoms with E-state index in [2.05, 4.69) is 5.32 Å². The van der Waals surface area contributed by atoms with E-state index >= 15 is 0 Å². The van der Waals surface area contributed by atoms with Crippen molar-refractivity contribution < 1.29 is 4.79 Å². The van der Waals surface area contributed by atoms with Gasteiger partial charge in [-0.25, -0.2) is 0 Å². The van der Waals surface area contributed by atoms with E-state index in [1.165, 1.54) is 0 Å². The summed E-state index contributed by atoms with van der Waals surface area (Å²) in [6.45, 7) is 5.50. The molecule has 0 aliphatic carbocycles. The van der Waals surface area contributed by atoms with Crippen LogP contribution in [0.4, 0.5) is 5.69 Å². The molecule has 0 fully saturated rings. The minimum absolute atomic E-state index is 0.0910. The van der Waals surface area contributed by atoms with Gasteiger partial charge in [-0.2, -0.15) is 0 Å². The van der Waals surface area contributed by atoms with Crippen molar-refractivity contribution in [2.75, 3.05) is 5.32 Å². The lowest BCUT2D eigenvalue weighted by molar-refractivity contribution is -0.123. The van der Waals surface area contributed by atoms with E-state index in [1.54, 1.807) is 18.2 Å². The SMILES string of the molecule is CC(C)(C)C(=O)Nc1cccc(Cl)c1Cl. The highest BCUT2D eigenvalue weighted by molar-refractivity contribution is 6.44. The molecule has 0 spiro atoms. The summed E-state index contributed by atoms with van der Waals surface area (Å²) in [5.41, 5.74) is 0.0927. The molecule has 0 saturated heterocycles. The highest BCUT2D eigenvalue weighted by Gasteiger charge is 2.22. The first kappa shape index (κ1) is 12.3. The van der Waals surface area contributed by atoms with Crippen molar-refractivity contribution >= 4 is 34.8 Å². The smallest absolute Gasteiger partial charge is 0.229 e. The molecule has 0 aliphatic heterocycles. The van der Waals surface area contributed by atoms with Crippen LogP contribution in [0.1, 0.15) is 20.8 Å². The third-order valence-electron chi connectivity index (χ3n) is 1.88. The van der Waals surface area contributed by atoms with Gasteiger partial charge in [-0.05, 0) is 12.1 Å². The molecular weight excluding hydrogens is 233 g/mol. The number of anilines is 1. The van der Waals surface area contributed by atoms with Gasteiger partial charge in [0.2, 0.25) is 5.91 Å². The second-order valence-electron chi connectivity index (χ2n) is 4.31. The fraction of sp³-hybridized carbons (Fsp3) is 0.364. The van der Waals surface area contributed by atoms with Gasteiger partial charge >= 0.3 is 0 Å². The molecule has 0 atom stereocenters. The molecule has 0 unspecified atom stereocenters. The van der Waals surface area contributed by atoms with Gasteiger partial charge in [0.25, 0.3) is 0 Å². The standard InChI is InChI=1S/C11H13Cl2NO/c1-11(2,3)10(15)14-8-6-4-5-7(12)9(8)13/h4-6H,1-3H3,(H,14,15). The molecule has 1 amide bonds. The molecule has 0 aromatic heterocycles. The Morgan fingerprint density at radius 2 is 1.87 bits per heavy atom. The largest absolute Gasteiger partial charge is 0.324 e. The number of amides is 1. The molecule has 1 aromatic carbocycles. The number of hydrogen-bond donors (Lipinski definition) is 1. The van der Waals surface area contributed by atoms with Gasteiger partial charge in [0.05, 0.1) is 15.7 Å². The summed E-state index contributed by atoms with van der Waals surface area (Å²) in [6, 6.07) is 5.14. The average Bonchev–Trinajstić information content (AvgIpc) is 2.11. The molecule has 4 heteroatoms. The van der Waals surface area contributed by atoms with E-state index in [0.717, 1.165) is 0 Å². The number of rotatable bonds is 1. The van der Waals surface area contributed by atoms with Gasteiger partial charge in [0.15, 0.2) is 0 Å². The van der Waals surface area contributed by atoms with Crippen molar-refractivity contribution in [2.45, 2.75) is 20.8 Å². The van der Waals surface area contributed by atoms with Gasteiger partial charge in [-0.3, -0.25) is 4.79 Å². The van der Waals surface area contributed by atoms with E-state index in [-0.39, 0.29) is 5.91 Å². The highest BCUT2D eigenvalue weighted by atomic mass is 35.5. The Morgan fingerprint density at radius 3 is 2.40 bits per heavy atom. The molecular formula is C11H13Cl2NO. The first-order chi connectivity index (χ1) is 6.82. The molecule has 0 radical (unpaired) electrons. The summed E-state index contributed by atoms with van der Waals surface area (Å²) in [7, 11) is 0. The predicted octanol–water partition coefficient (Wildman–Crippen LogP) is 3.98. The van der Waals surface area contributed by atoms with E-state index in [9.17, 15) is 4.79 Å². The molecule has 1 N–H and O–H groups in total. The number of halogens is 2. The Labute approximate surface area is 99.6 Å². The third-order valence-corrected chi connectivity index (χ3v) is 2.70. The second kappa shape index (κ2) is 4.42. The van der Waals surface area contributed by atoms with Crippen molar-refractivity contribution in [1.29, 1.82) is 0 Å². The Bertz CT molecular complexity index is 383. The normalized spacial score (nSPS) is 11.3. The predicted molar refractivity (Wildman–Crippen MR) is 64.5 cm³/mol. The van der Waals surface area contributed by atoms with Crippen LogP contribution < -0.4 is 5.32 Å². The molecule has 0 bridgehead atoms. The number of carbonyl (C=O) groups is 1. The van der Waals surface area contributed by atoms with Gasteiger partial charge < -0.3 is 5.32 Å². The van der Waals surface area contributed by atoms with Gasteiger partial charge in [-0.1, -0.05) is 50.0 Å². The molecule has 1 aromatic rings. The number of hydrogen-bond acceptors (Lipinski definition) is 1. The van der Waals surface area contributed by atoms with E-state index in [1.807, 2.05) is 20.8 Å². The average molecular weight is 246 g/mol. The maximum Gasteiger partial charge on any atom is 0.229 e. The second-order valence-corrected chi connectivity index (χ2v) is 5.09. The van der Waals surface area contributed by atoms with Crippen molar-refractivity contribution in [3.63, 3.8) is 0 Å². The number of nitrogens with one attached hydrogen (secondary N) is 1. The van der Waals surface area contributed by atoms with Crippen molar-refractivity contribution in [3.05, 3.63) is 28.2 Å². The molecule has 0 aliphatic rings. The molecule has 82 valence electrons. The van der Waals surface area contributed by atoms with Gasteiger partial charge in [-0.15, -0.1) is 0 Å². The van der Waals surface area contributed by atoms with Crippen LogP contribution in [0.5, 0.6) is 0 Å². The van der Waals surface area contributed by atoms with Crippen LogP contribution in [-0.4, -0.2) is 5.91 Å². The third kappa shape index (κ3) is 3.11. The zero-order valence-corrected chi connectivity index (χ0v) is 10.4. The highest BCUT2D eigenvalue weighted by Crippen LogP contribution is 2.30. The maximum atomic E-state index is 11.7. The Hall–Kier alpha value is -0.730. The van der Waals surface area contributed by atoms with Crippen LogP contribution >= 0.6 is 23.2 Å². The zero-order chi connectivity index (χ0) is 11.6. The van der Waals surface area contributed by atoms with Crippen LogP contribution in [0, 0.1) is 5.41 Å². The van der Waals surface area contributed by atoms with Crippen LogP contribution in [0.3, 0.4) is 0 Å². The molecule has 2 nitrogen and oxygen atoms in total. The van der Waals surface area contributed by atoms with Crippen LogP contribution in [0.2, 0.25) is 10.0 Å². The van der Waals surface area contributed by atoms with Crippen molar-refractivity contribution in [2.24, 2.45) is 5.41 Å². The fourth-order valence-corrected chi connectivity index (χ4v) is 1.26. The summed E-state index contributed by atoms with van der Waals surface area (Å²) in [6.07, 6.45) is 0. The zero-order valence-electron chi connectivity index (χ0n) is 8.90. The van der Waals surface area contributed by atoms with Crippen LogP contribution in [-0.2, 0) is 4.79 Å².